The normalized spacial score (nSPS) is 16.9. The van der Waals surface area contributed by atoms with Crippen molar-refractivity contribution in [2.45, 2.75) is 32.1 Å². The number of anilines is 1. The Hall–Kier alpha value is -0.830. The third-order valence-corrected chi connectivity index (χ3v) is 3.12. The van der Waals surface area contributed by atoms with E-state index >= 15 is 0 Å². The lowest BCUT2D eigenvalue weighted by molar-refractivity contribution is 0.518. The molecule has 0 aromatic carbocycles. The molecule has 1 aromatic rings. The van der Waals surface area contributed by atoms with Gasteiger partial charge in [-0.15, -0.1) is 0 Å². The summed E-state index contributed by atoms with van der Waals surface area (Å²) in [5, 5.41) is 3.70. The molecule has 1 N–H and O–H groups in total. The van der Waals surface area contributed by atoms with Crippen LogP contribution in [-0.2, 0) is 0 Å². The van der Waals surface area contributed by atoms with Crippen molar-refractivity contribution in [3.63, 3.8) is 0 Å². The number of nitrogens with one attached hydrogen (secondary N) is 1. The van der Waals surface area contributed by atoms with Crippen molar-refractivity contribution < 1.29 is 0 Å². The summed E-state index contributed by atoms with van der Waals surface area (Å²) >= 11 is 5.74. The highest BCUT2D eigenvalue weighted by atomic mass is 35.5. The lowest BCUT2D eigenvalue weighted by Gasteiger charge is -2.09. The number of aromatic nitrogens is 2. The molecular formula is C11H16ClN3. The molecule has 0 radical (unpaired) electrons. The minimum atomic E-state index is 0.445. The predicted molar refractivity (Wildman–Crippen MR) is 62.1 cm³/mol. The summed E-state index contributed by atoms with van der Waals surface area (Å²) < 4.78 is 0. The van der Waals surface area contributed by atoms with Gasteiger partial charge in [0.2, 0.25) is 0 Å². The van der Waals surface area contributed by atoms with E-state index in [1.807, 2.05) is 0 Å². The summed E-state index contributed by atoms with van der Waals surface area (Å²) in [6.07, 6.45) is 10.1. The second-order valence-electron chi connectivity index (χ2n) is 4.09. The third-order valence-electron chi connectivity index (χ3n) is 2.94. The molecule has 0 bridgehead atoms. The number of nitrogens with zero attached hydrogens (tertiary/aromatic N) is 2. The zero-order valence-corrected chi connectivity index (χ0v) is 9.50. The fourth-order valence-corrected chi connectivity index (χ4v) is 2.28. The number of hydrogen-bond acceptors (Lipinski definition) is 3. The molecule has 15 heavy (non-hydrogen) atoms. The Bertz CT molecular complexity index is 310. The largest absolute Gasteiger partial charge is 0.369 e. The van der Waals surface area contributed by atoms with E-state index in [2.05, 4.69) is 15.3 Å². The monoisotopic (exact) mass is 225 g/mol. The van der Waals surface area contributed by atoms with Crippen molar-refractivity contribution in [3.8, 4) is 0 Å². The predicted octanol–water partition coefficient (Wildman–Crippen LogP) is 3.12. The lowest BCUT2D eigenvalue weighted by Crippen LogP contribution is -2.07. The molecule has 4 heteroatoms. The zero-order valence-electron chi connectivity index (χ0n) is 8.75. The van der Waals surface area contributed by atoms with Gasteiger partial charge in [-0.05, 0) is 12.3 Å². The first-order valence-electron chi connectivity index (χ1n) is 5.56. The van der Waals surface area contributed by atoms with Gasteiger partial charge in [-0.2, -0.15) is 0 Å². The average Bonchev–Trinajstić information content (AvgIpc) is 2.71. The highest BCUT2D eigenvalue weighted by Gasteiger charge is 2.13. The smallest absolute Gasteiger partial charge is 0.149 e. The first-order valence-corrected chi connectivity index (χ1v) is 5.94. The highest BCUT2D eigenvalue weighted by molar-refractivity contribution is 6.29. The molecule has 1 aliphatic rings. The quantitative estimate of drug-likeness (QED) is 0.856. The minimum absolute atomic E-state index is 0.445. The molecule has 1 aliphatic carbocycles. The molecule has 1 aromatic heterocycles. The number of rotatable bonds is 4. The third kappa shape index (κ3) is 3.34. The molecule has 2 rings (SSSR count). The van der Waals surface area contributed by atoms with E-state index in [4.69, 9.17) is 11.6 Å². The average molecular weight is 226 g/mol. The van der Waals surface area contributed by atoms with E-state index < -0.39 is 0 Å². The van der Waals surface area contributed by atoms with E-state index in [1.165, 1.54) is 32.1 Å². The van der Waals surface area contributed by atoms with E-state index in [0.29, 0.717) is 5.15 Å². The van der Waals surface area contributed by atoms with Crippen LogP contribution < -0.4 is 5.32 Å². The van der Waals surface area contributed by atoms with Crippen molar-refractivity contribution in [3.05, 3.63) is 17.5 Å². The van der Waals surface area contributed by atoms with Crippen LogP contribution in [0.25, 0.3) is 0 Å². The Morgan fingerprint density at radius 1 is 1.33 bits per heavy atom. The maximum atomic E-state index is 5.74. The van der Waals surface area contributed by atoms with Gasteiger partial charge in [0.1, 0.15) is 11.0 Å². The van der Waals surface area contributed by atoms with Gasteiger partial charge in [-0.25, -0.2) is 4.98 Å². The summed E-state index contributed by atoms with van der Waals surface area (Å²) in [5.41, 5.74) is 0. The Balaban J connectivity index is 1.73. The SMILES string of the molecule is Clc1cncc(NCCC2CCCC2)n1. The Morgan fingerprint density at radius 3 is 2.87 bits per heavy atom. The fraction of sp³-hybridized carbons (Fsp3) is 0.636. The van der Waals surface area contributed by atoms with Gasteiger partial charge < -0.3 is 5.32 Å². The second kappa shape index (κ2) is 5.31. The van der Waals surface area contributed by atoms with Crippen molar-refractivity contribution >= 4 is 17.4 Å². The van der Waals surface area contributed by atoms with Gasteiger partial charge in [0.25, 0.3) is 0 Å². The van der Waals surface area contributed by atoms with Crippen LogP contribution in [0.3, 0.4) is 0 Å². The van der Waals surface area contributed by atoms with Gasteiger partial charge in [0.05, 0.1) is 12.4 Å². The lowest BCUT2D eigenvalue weighted by atomic mass is 10.0. The molecule has 0 amide bonds. The summed E-state index contributed by atoms with van der Waals surface area (Å²) in [6.45, 7) is 0.972. The van der Waals surface area contributed by atoms with Crippen molar-refractivity contribution in [2.24, 2.45) is 5.92 Å². The van der Waals surface area contributed by atoms with Gasteiger partial charge >= 0.3 is 0 Å². The van der Waals surface area contributed by atoms with E-state index in [-0.39, 0.29) is 0 Å². The van der Waals surface area contributed by atoms with Crippen LogP contribution in [0, 0.1) is 5.92 Å². The maximum absolute atomic E-state index is 5.74. The number of halogens is 1. The molecule has 82 valence electrons. The van der Waals surface area contributed by atoms with Crippen LogP contribution in [0.1, 0.15) is 32.1 Å². The highest BCUT2D eigenvalue weighted by Crippen LogP contribution is 2.27. The minimum Gasteiger partial charge on any atom is -0.369 e. The van der Waals surface area contributed by atoms with Crippen molar-refractivity contribution in [1.82, 2.24) is 9.97 Å². The van der Waals surface area contributed by atoms with Gasteiger partial charge in [0.15, 0.2) is 0 Å². The van der Waals surface area contributed by atoms with Crippen LogP contribution in [0.2, 0.25) is 5.15 Å². The van der Waals surface area contributed by atoms with Gasteiger partial charge in [0, 0.05) is 6.54 Å². The standard InChI is InChI=1S/C11H16ClN3/c12-10-7-13-8-11(15-10)14-6-5-9-3-1-2-4-9/h7-9H,1-6H2,(H,14,15). The van der Waals surface area contributed by atoms with Crippen molar-refractivity contribution in [1.29, 1.82) is 0 Å². The Labute approximate surface area is 95.3 Å². The van der Waals surface area contributed by atoms with E-state index in [0.717, 1.165) is 18.3 Å². The molecule has 0 spiro atoms. The zero-order chi connectivity index (χ0) is 10.5. The van der Waals surface area contributed by atoms with E-state index in [9.17, 15) is 0 Å². The molecule has 1 heterocycles. The fourth-order valence-electron chi connectivity index (χ4n) is 2.13. The summed E-state index contributed by atoms with van der Waals surface area (Å²) in [6, 6.07) is 0. The Kier molecular flexibility index (Phi) is 3.78. The van der Waals surface area contributed by atoms with Crippen LogP contribution in [0.4, 0.5) is 5.82 Å². The second-order valence-corrected chi connectivity index (χ2v) is 4.48. The maximum Gasteiger partial charge on any atom is 0.149 e. The van der Waals surface area contributed by atoms with Crippen molar-refractivity contribution in [2.75, 3.05) is 11.9 Å². The van der Waals surface area contributed by atoms with E-state index in [1.54, 1.807) is 12.4 Å². The van der Waals surface area contributed by atoms with Crippen LogP contribution in [-0.4, -0.2) is 16.5 Å². The molecule has 1 fully saturated rings. The van der Waals surface area contributed by atoms with Gasteiger partial charge in [-0.1, -0.05) is 37.3 Å². The summed E-state index contributed by atoms with van der Waals surface area (Å²) in [4.78, 5) is 8.11. The molecule has 0 atom stereocenters. The van der Waals surface area contributed by atoms with Crippen LogP contribution >= 0.6 is 11.6 Å². The first kappa shape index (κ1) is 10.7. The van der Waals surface area contributed by atoms with Crippen LogP contribution in [0.15, 0.2) is 12.4 Å². The molecular weight excluding hydrogens is 210 g/mol. The topological polar surface area (TPSA) is 37.8 Å². The summed E-state index contributed by atoms with van der Waals surface area (Å²) in [5.74, 6) is 1.69. The first-order chi connectivity index (χ1) is 7.34. The molecule has 3 nitrogen and oxygen atoms in total. The molecule has 0 aliphatic heterocycles. The molecule has 1 saturated carbocycles. The van der Waals surface area contributed by atoms with Gasteiger partial charge in [-0.3, -0.25) is 4.98 Å². The molecule has 0 saturated heterocycles. The number of hydrogen-bond donors (Lipinski definition) is 1. The molecule has 0 unspecified atom stereocenters. The summed E-state index contributed by atoms with van der Waals surface area (Å²) in [7, 11) is 0. The Morgan fingerprint density at radius 2 is 2.13 bits per heavy atom. The van der Waals surface area contributed by atoms with Crippen LogP contribution in [0.5, 0.6) is 0 Å².